The van der Waals surface area contributed by atoms with E-state index in [-0.39, 0.29) is 0 Å². The lowest BCUT2D eigenvalue weighted by molar-refractivity contribution is 1.16. The molecular formula is C13H14N2. The molecule has 0 spiro atoms. The number of fused-ring (bicyclic) bond motifs is 1. The highest BCUT2D eigenvalue weighted by Gasteiger charge is 2.01. The largest absolute Gasteiger partial charge is 0.249 e. The quantitative estimate of drug-likeness (QED) is 0.702. The van der Waals surface area contributed by atoms with Crippen LogP contribution in [0.25, 0.3) is 17.1 Å². The number of allylic oxidation sites excluding steroid dienone is 1. The second kappa shape index (κ2) is 3.81. The van der Waals surface area contributed by atoms with E-state index in [1.807, 2.05) is 32.1 Å². The van der Waals surface area contributed by atoms with Crippen molar-refractivity contribution in [3.63, 3.8) is 0 Å². The Balaban J connectivity index is 2.70. The molecule has 0 aliphatic heterocycles. The van der Waals surface area contributed by atoms with E-state index < -0.39 is 0 Å². The molecular weight excluding hydrogens is 184 g/mol. The van der Waals surface area contributed by atoms with Crippen molar-refractivity contribution in [2.45, 2.75) is 20.8 Å². The average Bonchev–Trinajstić information content (AvgIpc) is 2.20. The van der Waals surface area contributed by atoms with Crippen LogP contribution in [0.3, 0.4) is 0 Å². The van der Waals surface area contributed by atoms with Crippen LogP contribution in [0.4, 0.5) is 0 Å². The van der Waals surface area contributed by atoms with Crippen molar-refractivity contribution in [1.29, 1.82) is 0 Å². The highest BCUT2D eigenvalue weighted by molar-refractivity contribution is 5.76. The summed E-state index contributed by atoms with van der Waals surface area (Å²) in [4.78, 5) is 9.10. The molecule has 2 heteroatoms. The summed E-state index contributed by atoms with van der Waals surface area (Å²) in [6.07, 6.45) is 3.97. The Morgan fingerprint density at radius 2 is 1.87 bits per heavy atom. The van der Waals surface area contributed by atoms with Crippen molar-refractivity contribution in [2.75, 3.05) is 0 Å². The van der Waals surface area contributed by atoms with Crippen LogP contribution in [0.1, 0.15) is 23.9 Å². The Hall–Kier alpha value is -1.70. The average molecular weight is 198 g/mol. The maximum absolute atomic E-state index is 4.56. The van der Waals surface area contributed by atoms with Crippen LogP contribution in [-0.4, -0.2) is 9.97 Å². The van der Waals surface area contributed by atoms with Gasteiger partial charge >= 0.3 is 0 Å². The molecule has 76 valence electrons. The molecule has 0 N–H and O–H groups in total. The van der Waals surface area contributed by atoms with Crippen LogP contribution < -0.4 is 0 Å². The molecule has 0 saturated heterocycles. The summed E-state index contributed by atoms with van der Waals surface area (Å²) in [6.45, 7) is 6.04. The standard InChI is InChI=1S/C13H14N2/c1-4-5-11-10(3)14-13-8-9(2)6-7-12(13)15-11/h4-8H,1-3H3. The fourth-order valence-corrected chi connectivity index (χ4v) is 1.58. The number of nitrogens with zero attached hydrogens (tertiary/aromatic N) is 2. The number of hydrogen-bond donors (Lipinski definition) is 0. The summed E-state index contributed by atoms with van der Waals surface area (Å²) in [7, 11) is 0. The maximum atomic E-state index is 4.56. The second-order valence-corrected chi connectivity index (χ2v) is 3.69. The number of benzene rings is 1. The fraction of sp³-hybridized carbons (Fsp3) is 0.231. The Kier molecular flexibility index (Phi) is 2.50. The first kappa shape index (κ1) is 9.84. The molecule has 0 saturated carbocycles. The van der Waals surface area contributed by atoms with Crippen molar-refractivity contribution < 1.29 is 0 Å². The van der Waals surface area contributed by atoms with Gasteiger partial charge in [-0.3, -0.25) is 0 Å². The number of rotatable bonds is 1. The molecule has 0 radical (unpaired) electrons. The zero-order chi connectivity index (χ0) is 10.8. The summed E-state index contributed by atoms with van der Waals surface area (Å²) >= 11 is 0. The van der Waals surface area contributed by atoms with Gasteiger partial charge in [0.2, 0.25) is 0 Å². The summed E-state index contributed by atoms with van der Waals surface area (Å²) in [5, 5.41) is 0. The van der Waals surface area contributed by atoms with E-state index in [9.17, 15) is 0 Å². The van der Waals surface area contributed by atoms with Gasteiger partial charge in [-0.15, -0.1) is 0 Å². The fourth-order valence-electron chi connectivity index (χ4n) is 1.58. The molecule has 2 nitrogen and oxygen atoms in total. The van der Waals surface area contributed by atoms with Gasteiger partial charge in [0.1, 0.15) is 0 Å². The SMILES string of the molecule is CC=Cc1nc2ccc(C)cc2nc1C. The molecule has 1 aromatic carbocycles. The summed E-state index contributed by atoms with van der Waals surface area (Å²) in [6, 6.07) is 6.14. The number of aromatic nitrogens is 2. The summed E-state index contributed by atoms with van der Waals surface area (Å²) < 4.78 is 0. The smallest absolute Gasteiger partial charge is 0.0894 e. The van der Waals surface area contributed by atoms with Crippen molar-refractivity contribution in [2.24, 2.45) is 0 Å². The lowest BCUT2D eigenvalue weighted by atomic mass is 10.2. The van der Waals surface area contributed by atoms with Gasteiger partial charge in [-0.2, -0.15) is 0 Å². The van der Waals surface area contributed by atoms with Crippen molar-refractivity contribution >= 4 is 17.1 Å². The molecule has 0 atom stereocenters. The van der Waals surface area contributed by atoms with Gasteiger partial charge in [-0.1, -0.05) is 12.1 Å². The number of hydrogen-bond acceptors (Lipinski definition) is 2. The molecule has 1 aromatic heterocycles. The van der Waals surface area contributed by atoms with Crippen molar-refractivity contribution in [1.82, 2.24) is 9.97 Å². The van der Waals surface area contributed by atoms with Crippen molar-refractivity contribution in [3.8, 4) is 0 Å². The van der Waals surface area contributed by atoms with Crippen LogP contribution in [0, 0.1) is 13.8 Å². The Bertz CT molecular complexity index is 527. The third-order valence-electron chi connectivity index (χ3n) is 2.36. The number of aryl methyl sites for hydroxylation is 2. The molecule has 0 unspecified atom stereocenters. The van der Waals surface area contributed by atoms with Crippen molar-refractivity contribution in [3.05, 3.63) is 41.2 Å². The predicted octanol–water partition coefficient (Wildman–Crippen LogP) is 3.28. The zero-order valence-corrected chi connectivity index (χ0v) is 9.28. The van der Waals surface area contributed by atoms with Gasteiger partial charge in [0, 0.05) is 0 Å². The van der Waals surface area contributed by atoms with Gasteiger partial charge in [-0.25, -0.2) is 9.97 Å². The van der Waals surface area contributed by atoms with Crippen LogP contribution in [0.15, 0.2) is 24.3 Å². The van der Waals surface area contributed by atoms with E-state index in [1.165, 1.54) is 5.56 Å². The molecule has 1 heterocycles. The van der Waals surface area contributed by atoms with Gasteiger partial charge in [0.15, 0.2) is 0 Å². The summed E-state index contributed by atoms with van der Waals surface area (Å²) in [5.74, 6) is 0. The molecule has 0 amide bonds. The Morgan fingerprint density at radius 1 is 1.07 bits per heavy atom. The minimum absolute atomic E-state index is 0.953. The monoisotopic (exact) mass is 198 g/mol. The third-order valence-corrected chi connectivity index (χ3v) is 2.36. The van der Waals surface area contributed by atoms with E-state index in [0.29, 0.717) is 0 Å². The first-order valence-electron chi connectivity index (χ1n) is 5.08. The summed E-state index contributed by atoms with van der Waals surface area (Å²) in [5.41, 5.74) is 5.08. The minimum Gasteiger partial charge on any atom is -0.249 e. The molecule has 0 bridgehead atoms. The first-order chi connectivity index (χ1) is 7.20. The molecule has 15 heavy (non-hydrogen) atoms. The highest BCUT2D eigenvalue weighted by Crippen LogP contribution is 2.15. The van der Waals surface area contributed by atoms with Crippen LogP contribution in [0.5, 0.6) is 0 Å². The molecule has 2 rings (SSSR count). The van der Waals surface area contributed by atoms with Crippen LogP contribution >= 0.6 is 0 Å². The topological polar surface area (TPSA) is 25.8 Å². The van der Waals surface area contributed by atoms with Gasteiger partial charge in [0.25, 0.3) is 0 Å². The van der Waals surface area contributed by atoms with E-state index in [0.717, 1.165) is 22.4 Å². The molecule has 0 fully saturated rings. The second-order valence-electron chi connectivity index (χ2n) is 3.69. The van der Waals surface area contributed by atoms with Gasteiger partial charge < -0.3 is 0 Å². The molecule has 0 aliphatic rings. The van der Waals surface area contributed by atoms with Gasteiger partial charge in [-0.05, 0) is 44.5 Å². The minimum atomic E-state index is 0.953. The molecule has 2 aromatic rings. The van der Waals surface area contributed by atoms with E-state index in [2.05, 4.69) is 29.0 Å². The van der Waals surface area contributed by atoms with Crippen LogP contribution in [-0.2, 0) is 0 Å². The lowest BCUT2D eigenvalue weighted by Crippen LogP contribution is -1.93. The molecule has 0 aliphatic carbocycles. The predicted molar refractivity (Wildman–Crippen MR) is 63.7 cm³/mol. The van der Waals surface area contributed by atoms with E-state index in [4.69, 9.17) is 0 Å². The van der Waals surface area contributed by atoms with E-state index >= 15 is 0 Å². The maximum Gasteiger partial charge on any atom is 0.0894 e. The first-order valence-corrected chi connectivity index (χ1v) is 5.08. The third kappa shape index (κ3) is 1.89. The highest BCUT2D eigenvalue weighted by atomic mass is 14.8. The van der Waals surface area contributed by atoms with Crippen LogP contribution in [0.2, 0.25) is 0 Å². The Morgan fingerprint density at radius 3 is 2.60 bits per heavy atom. The Labute approximate surface area is 89.7 Å². The zero-order valence-electron chi connectivity index (χ0n) is 9.28. The van der Waals surface area contributed by atoms with Gasteiger partial charge in [0.05, 0.1) is 22.4 Å². The lowest BCUT2D eigenvalue weighted by Gasteiger charge is -2.03. The normalized spacial score (nSPS) is 11.4. The van der Waals surface area contributed by atoms with E-state index in [1.54, 1.807) is 0 Å².